The molecule has 1 atom stereocenters. The van der Waals surface area contributed by atoms with Crippen LogP contribution in [-0.4, -0.2) is 35.1 Å². The Balaban J connectivity index is 0.00000155. The van der Waals surface area contributed by atoms with E-state index in [1.165, 1.54) is 11.3 Å². The Morgan fingerprint density at radius 1 is 1.13 bits per heavy atom. The number of aryl methyl sites for hydroxylation is 1. The van der Waals surface area contributed by atoms with Crippen molar-refractivity contribution in [3.63, 3.8) is 0 Å². The number of aromatic nitrogens is 1. The Morgan fingerprint density at radius 3 is 2.47 bits per heavy atom. The maximum absolute atomic E-state index is 12.7. The van der Waals surface area contributed by atoms with E-state index in [9.17, 15) is 14.7 Å². The Kier molecular flexibility index (Phi) is 8.55. The van der Waals surface area contributed by atoms with Crippen molar-refractivity contribution in [2.45, 2.75) is 33.2 Å². The lowest BCUT2D eigenvalue weighted by atomic mass is 10.1. The molecule has 0 aliphatic carbocycles. The quantitative estimate of drug-likeness (QED) is 0.577. The number of benzene rings is 2. The van der Waals surface area contributed by atoms with Gasteiger partial charge >= 0.3 is 5.97 Å². The Morgan fingerprint density at radius 2 is 1.83 bits per heavy atom. The number of methoxy groups -OCH3 is 1. The lowest BCUT2D eigenvalue weighted by molar-refractivity contribution is -0.139. The van der Waals surface area contributed by atoms with Gasteiger partial charge in [0.25, 0.3) is 5.91 Å². The molecule has 7 heteroatoms. The summed E-state index contributed by atoms with van der Waals surface area (Å²) in [5.41, 5.74) is 2.24. The zero-order valence-corrected chi connectivity index (χ0v) is 18.3. The molecule has 1 aromatic heterocycles. The summed E-state index contributed by atoms with van der Waals surface area (Å²) >= 11 is 1.23. The molecule has 0 fully saturated rings. The number of rotatable bonds is 7. The van der Waals surface area contributed by atoms with Crippen molar-refractivity contribution in [1.29, 1.82) is 0 Å². The van der Waals surface area contributed by atoms with Gasteiger partial charge in [0.15, 0.2) is 0 Å². The van der Waals surface area contributed by atoms with Crippen molar-refractivity contribution < 1.29 is 19.4 Å². The molecule has 2 aromatic carbocycles. The second kappa shape index (κ2) is 11.1. The fourth-order valence-electron chi connectivity index (χ4n) is 2.76. The summed E-state index contributed by atoms with van der Waals surface area (Å²) in [6.07, 6.45) is 0.211. The summed E-state index contributed by atoms with van der Waals surface area (Å²) in [5.74, 6) is -0.815. The van der Waals surface area contributed by atoms with Crippen molar-refractivity contribution in [3.8, 4) is 16.3 Å². The monoisotopic (exact) mass is 426 g/mol. The normalized spacial score (nSPS) is 11.1. The molecule has 0 radical (unpaired) electrons. The van der Waals surface area contributed by atoms with Gasteiger partial charge in [-0.15, -0.1) is 11.3 Å². The van der Waals surface area contributed by atoms with Crippen LogP contribution in [-0.2, 0) is 11.2 Å². The van der Waals surface area contributed by atoms with Crippen LogP contribution in [0.2, 0.25) is 0 Å². The molecule has 3 rings (SSSR count). The molecule has 0 bridgehead atoms. The lowest BCUT2D eigenvalue weighted by Gasteiger charge is -2.14. The van der Waals surface area contributed by atoms with Gasteiger partial charge in [-0.25, -0.2) is 9.78 Å². The highest BCUT2D eigenvalue weighted by Gasteiger charge is 2.24. The van der Waals surface area contributed by atoms with E-state index in [-0.39, 0.29) is 6.42 Å². The maximum Gasteiger partial charge on any atom is 0.326 e. The van der Waals surface area contributed by atoms with E-state index >= 15 is 0 Å². The Bertz CT molecular complexity index is 986. The van der Waals surface area contributed by atoms with Crippen LogP contribution >= 0.6 is 11.3 Å². The van der Waals surface area contributed by atoms with Crippen molar-refractivity contribution >= 4 is 23.2 Å². The highest BCUT2D eigenvalue weighted by atomic mass is 32.1. The minimum Gasteiger partial charge on any atom is -0.497 e. The molecule has 2 N–H and O–H groups in total. The highest BCUT2D eigenvalue weighted by Crippen LogP contribution is 2.30. The molecule has 1 heterocycles. The second-order valence-electron chi connectivity index (χ2n) is 6.22. The van der Waals surface area contributed by atoms with Crippen LogP contribution in [0.5, 0.6) is 5.75 Å². The molecule has 6 nitrogen and oxygen atoms in total. The number of carboxylic acids is 1. The van der Waals surface area contributed by atoms with Gasteiger partial charge in [0.1, 0.15) is 21.7 Å². The minimum atomic E-state index is -1.08. The highest BCUT2D eigenvalue weighted by molar-refractivity contribution is 7.17. The first-order valence-corrected chi connectivity index (χ1v) is 10.5. The molecular weight excluding hydrogens is 400 g/mol. The maximum atomic E-state index is 12.7. The van der Waals surface area contributed by atoms with E-state index < -0.39 is 17.9 Å². The summed E-state index contributed by atoms with van der Waals surface area (Å²) in [4.78, 5) is 29.2. The van der Waals surface area contributed by atoms with E-state index in [1.54, 1.807) is 14.0 Å². The van der Waals surface area contributed by atoms with Crippen LogP contribution in [0.4, 0.5) is 0 Å². The van der Waals surface area contributed by atoms with Crippen LogP contribution in [0.25, 0.3) is 10.6 Å². The van der Waals surface area contributed by atoms with E-state index in [2.05, 4.69) is 10.3 Å². The van der Waals surface area contributed by atoms with Crippen LogP contribution in [0.15, 0.2) is 54.6 Å². The summed E-state index contributed by atoms with van der Waals surface area (Å²) in [6.45, 7) is 5.74. The molecule has 1 unspecified atom stereocenters. The standard InChI is InChI=1S/C21H20N2O4S.C2H6/c1-13-18(28-20(22-13)15-9-6-10-16(12-15)27-2)19(24)23-17(21(25)26)11-14-7-4-3-5-8-14;1-2/h3-10,12,17H,11H2,1-2H3,(H,23,24)(H,25,26);1-2H3. The third-order valence-corrected chi connectivity index (χ3v) is 5.41. The number of amides is 1. The van der Waals surface area contributed by atoms with Gasteiger partial charge in [-0.1, -0.05) is 56.3 Å². The molecule has 0 saturated heterocycles. The molecule has 0 saturated carbocycles. The fraction of sp³-hybridized carbons (Fsp3) is 0.261. The number of hydrogen-bond donors (Lipinski definition) is 2. The first kappa shape index (κ1) is 23.1. The minimum absolute atomic E-state index is 0.211. The molecule has 3 aromatic rings. The van der Waals surface area contributed by atoms with E-state index in [0.717, 1.165) is 11.1 Å². The average Bonchev–Trinajstić information content (AvgIpc) is 3.17. The molecular formula is C23H26N2O4S. The van der Waals surface area contributed by atoms with Crippen molar-refractivity contribution in [1.82, 2.24) is 10.3 Å². The smallest absolute Gasteiger partial charge is 0.326 e. The zero-order valence-electron chi connectivity index (χ0n) is 17.5. The van der Waals surface area contributed by atoms with Crippen molar-refractivity contribution in [3.05, 3.63) is 70.7 Å². The van der Waals surface area contributed by atoms with Gasteiger partial charge in [0.05, 0.1) is 12.8 Å². The van der Waals surface area contributed by atoms with Gasteiger partial charge < -0.3 is 15.2 Å². The molecule has 0 aliphatic rings. The second-order valence-corrected chi connectivity index (χ2v) is 7.22. The predicted molar refractivity (Wildman–Crippen MR) is 119 cm³/mol. The molecule has 1 amide bonds. The number of carbonyl (C=O) groups excluding carboxylic acids is 1. The van der Waals surface area contributed by atoms with Crippen molar-refractivity contribution in [2.24, 2.45) is 0 Å². The number of thiazole rings is 1. The number of nitrogens with zero attached hydrogens (tertiary/aromatic N) is 1. The number of aliphatic carboxylic acids is 1. The topological polar surface area (TPSA) is 88.5 Å². The van der Waals surface area contributed by atoms with E-state index in [1.807, 2.05) is 68.4 Å². The third-order valence-electron chi connectivity index (χ3n) is 4.21. The molecule has 0 spiro atoms. The van der Waals surface area contributed by atoms with Gasteiger partial charge in [-0.05, 0) is 24.6 Å². The Labute approximate surface area is 180 Å². The predicted octanol–water partition coefficient (Wildman–Crippen LogP) is 4.58. The molecule has 0 aliphatic heterocycles. The van der Waals surface area contributed by atoms with E-state index in [0.29, 0.717) is 21.3 Å². The number of carboxylic acid groups (broad SMARTS) is 1. The first-order valence-electron chi connectivity index (χ1n) is 9.67. The largest absolute Gasteiger partial charge is 0.497 e. The van der Waals surface area contributed by atoms with Crippen LogP contribution < -0.4 is 10.1 Å². The van der Waals surface area contributed by atoms with Crippen LogP contribution in [0, 0.1) is 6.92 Å². The molecule has 158 valence electrons. The van der Waals surface area contributed by atoms with Crippen molar-refractivity contribution in [2.75, 3.05) is 7.11 Å². The van der Waals surface area contributed by atoms with Gasteiger partial charge in [-0.2, -0.15) is 0 Å². The molecule has 30 heavy (non-hydrogen) atoms. The van der Waals surface area contributed by atoms with Gasteiger partial charge in [0, 0.05) is 12.0 Å². The summed E-state index contributed by atoms with van der Waals surface area (Å²) in [5, 5.41) is 12.8. The van der Waals surface area contributed by atoms with Gasteiger partial charge in [0.2, 0.25) is 0 Å². The summed E-state index contributed by atoms with van der Waals surface area (Å²) in [7, 11) is 1.59. The first-order chi connectivity index (χ1) is 14.5. The number of ether oxygens (including phenoxy) is 1. The van der Waals surface area contributed by atoms with Gasteiger partial charge in [-0.3, -0.25) is 4.79 Å². The summed E-state index contributed by atoms with van der Waals surface area (Å²) in [6, 6.07) is 15.6. The van der Waals surface area contributed by atoms with E-state index in [4.69, 9.17) is 4.74 Å². The summed E-state index contributed by atoms with van der Waals surface area (Å²) < 4.78 is 5.23. The zero-order chi connectivity index (χ0) is 22.1. The SMILES string of the molecule is CC.COc1cccc(-c2nc(C)c(C(=O)NC(Cc3ccccc3)C(=O)O)s2)c1. The fourth-order valence-corrected chi connectivity index (χ4v) is 3.73. The third kappa shape index (κ3) is 5.90. The average molecular weight is 427 g/mol. The van der Waals surface area contributed by atoms with Crippen LogP contribution in [0.1, 0.15) is 34.8 Å². The lowest BCUT2D eigenvalue weighted by Crippen LogP contribution is -2.42. The Hall–Kier alpha value is -3.19. The van der Waals surface area contributed by atoms with Crippen LogP contribution in [0.3, 0.4) is 0 Å². The number of carbonyl (C=O) groups is 2. The number of nitrogens with one attached hydrogen (secondary N) is 1. The number of hydrogen-bond acceptors (Lipinski definition) is 5.